The molecule has 1 aromatic rings. The van der Waals surface area contributed by atoms with Crippen LogP contribution in [0, 0.1) is 0 Å². The number of benzene rings is 1. The Balaban J connectivity index is 2.97. The zero-order valence-corrected chi connectivity index (χ0v) is 12.8. The van der Waals surface area contributed by atoms with Crippen LogP contribution in [0.3, 0.4) is 0 Å². The minimum atomic E-state index is -1.29. The molecular formula is C12H14BrClN2O3. The quantitative estimate of drug-likeness (QED) is 0.849. The first-order chi connectivity index (χ1) is 8.80. The van der Waals surface area contributed by atoms with Gasteiger partial charge in [-0.25, -0.2) is 0 Å². The van der Waals surface area contributed by atoms with Gasteiger partial charge >= 0.3 is 0 Å². The van der Waals surface area contributed by atoms with E-state index in [0.29, 0.717) is 0 Å². The van der Waals surface area contributed by atoms with Gasteiger partial charge in [0.2, 0.25) is 5.91 Å². The molecule has 0 saturated heterocycles. The van der Waals surface area contributed by atoms with Crippen molar-refractivity contribution in [1.82, 2.24) is 5.32 Å². The summed E-state index contributed by atoms with van der Waals surface area (Å²) in [6.07, 6.45) is 0. The molecule has 0 aliphatic carbocycles. The summed E-state index contributed by atoms with van der Waals surface area (Å²) >= 11 is 9.22. The van der Waals surface area contributed by atoms with Crippen molar-refractivity contribution in [2.75, 3.05) is 13.7 Å². The normalized spacial score (nSPS) is 13.7. The Kier molecular flexibility index (Phi) is 5.34. The lowest BCUT2D eigenvalue weighted by Crippen LogP contribution is -2.58. The fourth-order valence-electron chi connectivity index (χ4n) is 1.45. The maximum Gasteiger partial charge on any atom is 0.253 e. The fourth-order valence-corrected chi connectivity index (χ4v) is 2.21. The Morgan fingerprint density at radius 3 is 2.63 bits per heavy atom. The number of rotatable bonds is 5. The Morgan fingerprint density at radius 1 is 1.53 bits per heavy atom. The zero-order chi connectivity index (χ0) is 14.6. The summed E-state index contributed by atoms with van der Waals surface area (Å²) < 4.78 is 5.65. The first kappa shape index (κ1) is 15.9. The van der Waals surface area contributed by atoms with Gasteiger partial charge in [0, 0.05) is 11.6 Å². The van der Waals surface area contributed by atoms with Crippen LogP contribution in [0.4, 0.5) is 0 Å². The fraction of sp³-hybridized carbons (Fsp3) is 0.333. The lowest BCUT2D eigenvalue weighted by atomic mass is 10.0. The van der Waals surface area contributed by atoms with Crippen molar-refractivity contribution < 1.29 is 14.3 Å². The van der Waals surface area contributed by atoms with E-state index in [1.54, 1.807) is 18.2 Å². The third-order valence-corrected chi connectivity index (χ3v) is 3.35. The standard InChI is InChI=1S/C12H14BrClN2O3/c1-12(6-19-2,11(15)18)16-10(17)8-4-3-7(13)5-9(8)14/h3-5H,6H2,1-2H3,(H2,15,18)(H,16,17)/t12-/m1/s1. The average Bonchev–Trinajstić information content (AvgIpc) is 2.28. The Labute approximate surface area is 124 Å². The number of halogens is 2. The van der Waals surface area contributed by atoms with E-state index in [1.165, 1.54) is 14.0 Å². The highest BCUT2D eigenvalue weighted by Gasteiger charge is 2.33. The van der Waals surface area contributed by atoms with Gasteiger partial charge in [-0.1, -0.05) is 27.5 Å². The highest BCUT2D eigenvalue weighted by Crippen LogP contribution is 2.21. The Hall–Kier alpha value is -1.11. The minimum absolute atomic E-state index is 0.0256. The van der Waals surface area contributed by atoms with E-state index in [-0.39, 0.29) is 17.2 Å². The van der Waals surface area contributed by atoms with Crippen LogP contribution in [0.25, 0.3) is 0 Å². The molecule has 0 aromatic heterocycles. The summed E-state index contributed by atoms with van der Waals surface area (Å²) in [6.45, 7) is 1.46. The van der Waals surface area contributed by atoms with Gasteiger partial charge in [0.15, 0.2) is 0 Å². The number of ether oxygens (including phenoxy) is 1. The average molecular weight is 350 g/mol. The number of nitrogens with one attached hydrogen (secondary N) is 1. The number of nitrogens with two attached hydrogens (primary N) is 1. The van der Waals surface area contributed by atoms with Crippen LogP contribution in [0.15, 0.2) is 22.7 Å². The van der Waals surface area contributed by atoms with Crippen molar-refractivity contribution in [1.29, 1.82) is 0 Å². The number of hydrogen-bond donors (Lipinski definition) is 2. The van der Waals surface area contributed by atoms with E-state index in [9.17, 15) is 9.59 Å². The molecule has 1 aromatic carbocycles. The summed E-state index contributed by atoms with van der Waals surface area (Å²) in [5, 5.41) is 2.81. The van der Waals surface area contributed by atoms with Crippen molar-refractivity contribution in [2.45, 2.75) is 12.5 Å². The number of carbonyl (C=O) groups excluding carboxylic acids is 2. The molecule has 7 heteroatoms. The van der Waals surface area contributed by atoms with Gasteiger partial charge in [0.25, 0.3) is 5.91 Å². The van der Waals surface area contributed by atoms with Crippen LogP contribution in [0.5, 0.6) is 0 Å². The monoisotopic (exact) mass is 348 g/mol. The van der Waals surface area contributed by atoms with E-state index < -0.39 is 17.4 Å². The third-order valence-electron chi connectivity index (χ3n) is 2.54. The predicted octanol–water partition coefficient (Wildman–Crippen LogP) is 1.72. The Morgan fingerprint density at radius 2 is 2.16 bits per heavy atom. The van der Waals surface area contributed by atoms with Crippen molar-refractivity contribution in [3.8, 4) is 0 Å². The summed E-state index contributed by atoms with van der Waals surface area (Å²) in [5.74, 6) is -1.17. The molecule has 3 N–H and O–H groups in total. The van der Waals surface area contributed by atoms with Crippen LogP contribution in [0.2, 0.25) is 5.02 Å². The second kappa shape index (κ2) is 6.36. The predicted molar refractivity (Wildman–Crippen MR) is 76.1 cm³/mol. The molecule has 1 atom stereocenters. The van der Waals surface area contributed by atoms with Gasteiger partial charge < -0.3 is 15.8 Å². The van der Waals surface area contributed by atoms with Crippen LogP contribution in [-0.2, 0) is 9.53 Å². The number of methoxy groups -OCH3 is 1. The molecule has 104 valence electrons. The van der Waals surface area contributed by atoms with E-state index in [0.717, 1.165) is 4.47 Å². The van der Waals surface area contributed by atoms with Gasteiger partial charge in [0.05, 0.1) is 17.2 Å². The molecule has 0 unspecified atom stereocenters. The molecule has 19 heavy (non-hydrogen) atoms. The van der Waals surface area contributed by atoms with Crippen LogP contribution in [0.1, 0.15) is 17.3 Å². The van der Waals surface area contributed by atoms with Crippen molar-refractivity contribution in [3.63, 3.8) is 0 Å². The van der Waals surface area contributed by atoms with Crippen molar-refractivity contribution in [3.05, 3.63) is 33.3 Å². The van der Waals surface area contributed by atoms with E-state index in [2.05, 4.69) is 21.2 Å². The maximum atomic E-state index is 12.1. The van der Waals surface area contributed by atoms with Gasteiger partial charge in [-0.3, -0.25) is 9.59 Å². The molecular weight excluding hydrogens is 336 g/mol. The van der Waals surface area contributed by atoms with Gasteiger partial charge in [0.1, 0.15) is 5.54 Å². The molecule has 5 nitrogen and oxygen atoms in total. The topological polar surface area (TPSA) is 81.4 Å². The molecule has 0 radical (unpaired) electrons. The lowest BCUT2D eigenvalue weighted by Gasteiger charge is -2.26. The zero-order valence-electron chi connectivity index (χ0n) is 10.5. The van der Waals surface area contributed by atoms with Crippen LogP contribution >= 0.6 is 27.5 Å². The second-order valence-electron chi connectivity index (χ2n) is 4.21. The number of carbonyl (C=O) groups is 2. The Bertz CT molecular complexity index is 510. The van der Waals surface area contributed by atoms with Crippen molar-refractivity contribution in [2.24, 2.45) is 5.73 Å². The summed E-state index contributed by atoms with van der Waals surface area (Å²) in [6, 6.07) is 4.82. The first-order valence-electron chi connectivity index (χ1n) is 5.36. The van der Waals surface area contributed by atoms with Crippen LogP contribution < -0.4 is 11.1 Å². The van der Waals surface area contributed by atoms with Gasteiger partial charge in [-0.05, 0) is 25.1 Å². The summed E-state index contributed by atoms with van der Waals surface area (Å²) in [7, 11) is 1.42. The third kappa shape index (κ3) is 3.92. The van der Waals surface area contributed by atoms with E-state index in [1.807, 2.05) is 0 Å². The maximum absolute atomic E-state index is 12.1. The van der Waals surface area contributed by atoms with Gasteiger partial charge in [-0.2, -0.15) is 0 Å². The molecule has 1 rings (SSSR count). The largest absolute Gasteiger partial charge is 0.382 e. The van der Waals surface area contributed by atoms with Crippen molar-refractivity contribution >= 4 is 39.3 Å². The molecule has 0 aliphatic heterocycles. The molecule has 0 heterocycles. The smallest absolute Gasteiger partial charge is 0.253 e. The highest BCUT2D eigenvalue weighted by molar-refractivity contribution is 9.10. The highest BCUT2D eigenvalue weighted by atomic mass is 79.9. The molecule has 2 amide bonds. The number of hydrogen-bond acceptors (Lipinski definition) is 3. The molecule has 0 aliphatic rings. The lowest BCUT2D eigenvalue weighted by molar-refractivity contribution is -0.125. The van der Waals surface area contributed by atoms with Gasteiger partial charge in [-0.15, -0.1) is 0 Å². The molecule has 0 spiro atoms. The van der Waals surface area contributed by atoms with E-state index in [4.69, 9.17) is 22.1 Å². The minimum Gasteiger partial charge on any atom is -0.382 e. The number of primary amides is 1. The first-order valence-corrected chi connectivity index (χ1v) is 6.53. The molecule has 0 saturated carbocycles. The second-order valence-corrected chi connectivity index (χ2v) is 5.53. The summed E-state index contributed by atoms with van der Waals surface area (Å²) in [4.78, 5) is 23.5. The van der Waals surface area contributed by atoms with E-state index >= 15 is 0 Å². The molecule has 0 bridgehead atoms. The van der Waals surface area contributed by atoms with Crippen LogP contribution in [-0.4, -0.2) is 31.1 Å². The molecule has 0 fully saturated rings. The number of amides is 2. The summed E-state index contributed by atoms with van der Waals surface area (Å²) in [5.41, 5.74) is 4.24. The SMILES string of the molecule is COC[C@@](C)(NC(=O)c1ccc(Br)cc1Cl)C(N)=O.